The molecule has 0 aliphatic rings. The van der Waals surface area contributed by atoms with Crippen molar-refractivity contribution in [2.24, 2.45) is 0 Å². The van der Waals surface area contributed by atoms with E-state index in [0.717, 1.165) is 0 Å². The first-order valence-electron chi connectivity index (χ1n) is 6.58. The van der Waals surface area contributed by atoms with Gasteiger partial charge in [-0.25, -0.2) is 4.79 Å². The maximum atomic E-state index is 12.2. The lowest BCUT2D eigenvalue weighted by Crippen LogP contribution is -2.36. The Kier molecular flexibility index (Phi) is 5.76. The van der Waals surface area contributed by atoms with Gasteiger partial charge in [0, 0.05) is 18.8 Å². The summed E-state index contributed by atoms with van der Waals surface area (Å²) in [4.78, 5) is 26.9. The van der Waals surface area contributed by atoms with Gasteiger partial charge in [0.15, 0.2) is 0 Å². The van der Waals surface area contributed by atoms with Gasteiger partial charge in [-0.05, 0) is 33.3 Å². The van der Waals surface area contributed by atoms with Gasteiger partial charge in [-0.1, -0.05) is 0 Å². The molecule has 1 atom stereocenters. The summed E-state index contributed by atoms with van der Waals surface area (Å²) in [5.74, 6) is -0.673. The Morgan fingerprint density at radius 2 is 2.00 bits per heavy atom. The minimum absolute atomic E-state index is 0.104. The number of hydrogen-bond acceptors (Lipinski definition) is 4. The van der Waals surface area contributed by atoms with E-state index in [1.165, 1.54) is 0 Å². The zero-order valence-corrected chi connectivity index (χ0v) is 12.6. The molecule has 0 fully saturated rings. The molecule has 1 aromatic rings. The van der Waals surface area contributed by atoms with E-state index < -0.39 is 5.97 Å². The lowest BCUT2D eigenvalue weighted by atomic mass is 10.1. The number of aromatic amines is 1. The van der Waals surface area contributed by atoms with Crippen molar-refractivity contribution in [2.75, 3.05) is 20.3 Å². The second kappa shape index (κ2) is 7.09. The van der Waals surface area contributed by atoms with Crippen molar-refractivity contribution < 1.29 is 19.1 Å². The number of hydrogen-bond donors (Lipinski definition) is 2. The number of carbonyl (C=O) groups is 2. The normalized spacial score (nSPS) is 12.1. The van der Waals surface area contributed by atoms with E-state index in [1.54, 1.807) is 27.9 Å². The highest BCUT2D eigenvalue weighted by Crippen LogP contribution is 2.18. The predicted octanol–water partition coefficient (Wildman–Crippen LogP) is 1.57. The fourth-order valence-electron chi connectivity index (χ4n) is 2.09. The van der Waals surface area contributed by atoms with Crippen LogP contribution in [0.3, 0.4) is 0 Å². The van der Waals surface area contributed by atoms with E-state index in [-0.39, 0.29) is 11.9 Å². The van der Waals surface area contributed by atoms with Crippen LogP contribution in [-0.4, -0.2) is 43.2 Å². The number of nitrogens with one attached hydrogen (secondary N) is 2. The maximum Gasteiger partial charge on any atom is 0.355 e. The highest BCUT2D eigenvalue weighted by molar-refractivity contribution is 6.01. The number of rotatable bonds is 6. The standard InChI is InChI=1S/C14H22N2O4/c1-6-20-14(18)12-9(3)11(10(4)16-12)13(17)15-8(2)7-19-5/h8,16H,6-7H2,1-5H3,(H,15,17)/t8-/m1/s1. The lowest BCUT2D eigenvalue weighted by Gasteiger charge is -2.13. The van der Waals surface area contributed by atoms with Gasteiger partial charge in [-0.3, -0.25) is 4.79 Å². The highest BCUT2D eigenvalue weighted by Gasteiger charge is 2.23. The minimum atomic E-state index is -0.447. The fourth-order valence-corrected chi connectivity index (χ4v) is 2.09. The molecule has 6 nitrogen and oxygen atoms in total. The number of carbonyl (C=O) groups excluding carboxylic acids is 2. The molecule has 1 rings (SSSR count). The molecule has 112 valence electrons. The number of aryl methyl sites for hydroxylation is 1. The van der Waals surface area contributed by atoms with Crippen LogP contribution >= 0.6 is 0 Å². The van der Waals surface area contributed by atoms with Crippen molar-refractivity contribution >= 4 is 11.9 Å². The number of H-pyrrole nitrogens is 1. The van der Waals surface area contributed by atoms with Gasteiger partial charge in [0.1, 0.15) is 5.69 Å². The molecule has 6 heteroatoms. The zero-order chi connectivity index (χ0) is 15.3. The summed E-state index contributed by atoms with van der Waals surface area (Å²) < 4.78 is 9.93. The van der Waals surface area contributed by atoms with Crippen LogP contribution in [0.15, 0.2) is 0 Å². The van der Waals surface area contributed by atoms with E-state index in [4.69, 9.17) is 9.47 Å². The number of amides is 1. The molecule has 1 aromatic heterocycles. The van der Waals surface area contributed by atoms with E-state index in [9.17, 15) is 9.59 Å². The summed E-state index contributed by atoms with van der Waals surface area (Å²) in [5, 5.41) is 2.83. The van der Waals surface area contributed by atoms with Crippen LogP contribution in [0.5, 0.6) is 0 Å². The molecule has 0 saturated carbocycles. The van der Waals surface area contributed by atoms with Crippen molar-refractivity contribution in [1.29, 1.82) is 0 Å². The third kappa shape index (κ3) is 3.60. The molecule has 1 amide bonds. The molecule has 0 spiro atoms. The van der Waals surface area contributed by atoms with Gasteiger partial charge in [0.25, 0.3) is 5.91 Å². The SMILES string of the molecule is CCOC(=O)c1[nH]c(C)c(C(=O)N[C@H](C)COC)c1C. The third-order valence-corrected chi connectivity index (χ3v) is 2.94. The third-order valence-electron chi connectivity index (χ3n) is 2.94. The molecule has 0 radical (unpaired) electrons. The van der Waals surface area contributed by atoms with Gasteiger partial charge < -0.3 is 19.8 Å². The van der Waals surface area contributed by atoms with Crippen LogP contribution in [0.1, 0.15) is 46.0 Å². The molecule has 0 saturated heterocycles. The number of aromatic nitrogens is 1. The van der Waals surface area contributed by atoms with Crippen LogP contribution < -0.4 is 5.32 Å². The van der Waals surface area contributed by atoms with Crippen LogP contribution in [0.25, 0.3) is 0 Å². The summed E-state index contributed by atoms with van der Waals surface area (Å²) in [6.45, 7) is 7.80. The molecule has 0 bridgehead atoms. The largest absolute Gasteiger partial charge is 0.461 e. The smallest absolute Gasteiger partial charge is 0.355 e. The van der Waals surface area contributed by atoms with Crippen LogP contribution in [-0.2, 0) is 9.47 Å². The highest BCUT2D eigenvalue weighted by atomic mass is 16.5. The lowest BCUT2D eigenvalue weighted by molar-refractivity contribution is 0.0519. The van der Waals surface area contributed by atoms with Crippen LogP contribution in [0.2, 0.25) is 0 Å². The predicted molar refractivity (Wildman–Crippen MR) is 75.0 cm³/mol. The number of methoxy groups -OCH3 is 1. The van der Waals surface area contributed by atoms with Crippen molar-refractivity contribution in [1.82, 2.24) is 10.3 Å². The Labute approximate surface area is 118 Å². The first kappa shape index (κ1) is 16.2. The van der Waals surface area contributed by atoms with E-state index >= 15 is 0 Å². The first-order valence-corrected chi connectivity index (χ1v) is 6.58. The van der Waals surface area contributed by atoms with Crippen molar-refractivity contribution in [3.05, 3.63) is 22.5 Å². The molecule has 0 unspecified atom stereocenters. The average molecular weight is 282 g/mol. The van der Waals surface area contributed by atoms with Crippen molar-refractivity contribution in [2.45, 2.75) is 33.7 Å². The fraction of sp³-hybridized carbons (Fsp3) is 0.571. The summed E-state index contributed by atoms with van der Waals surface area (Å²) >= 11 is 0. The number of esters is 1. The van der Waals surface area contributed by atoms with Gasteiger partial charge in [-0.2, -0.15) is 0 Å². The molecule has 0 aliphatic carbocycles. The molecule has 0 aliphatic heterocycles. The maximum absolute atomic E-state index is 12.2. The molecular weight excluding hydrogens is 260 g/mol. The Morgan fingerprint density at radius 1 is 1.35 bits per heavy atom. The van der Waals surface area contributed by atoms with Crippen molar-refractivity contribution in [3.8, 4) is 0 Å². The molecule has 1 heterocycles. The Hall–Kier alpha value is -1.82. The van der Waals surface area contributed by atoms with Gasteiger partial charge in [-0.15, -0.1) is 0 Å². The average Bonchev–Trinajstić information content (AvgIpc) is 2.65. The van der Waals surface area contributed by atoms with E-state index in [1.807, 2.05) is 6.92 Å². The summed E-state index contributed by atoms with van der Waals surface area (Å²) in [7, 11) is 1.58. The Morgan fingerprint density at radius 3 is 2.55 bits per heavy atom. The quantitative estimate of drug-likeness (QED) is 0.776. The van der Waals surface area contributed by atoms with Gasteiger partial charge in [0.2, 0.25) is 0 Å². The zero-order valence-electron chi connectivity index (χ0n) is 12.6. The molecule has 20 heavy (non-hydrogen) atoms. The number of ether oxygens (including phenoxy) is 2. The molecule has 2 N–H and O–H groups in total. The van der Waals surface area contributed by atoms with E-state index in [0.29, 0.717) is 35.7 Å². The monoisotopic (exact) mass is 282 g/mol. The molecular formula is C14H22N2O4. The topological polar surface area (TPSA) is 80.4 Å². The Bertz CT molecular complexity index is 494. The van der Waals surface area contributed by atoms with Crippen molar-refractivity contribution in [3.63, 3.8) is 0 Å². The second-order valence-corrected chi connectivity index (χ2v) is 4.68. The van der Waals surface area contributed by atoms with Gasteiger partial charge >= 0.3 is 5.97 Å². The van der Waals surface area contributed by atoms with Gasteiger partial charge in [0.05, 0.1) is 18.8 Å². The second-order valence-electron chi connectivity index (χ2n) is 4.68. The molecule has 0 aromatic carbocycles. The van der Waals surface area contributed by atoms with E-state index in [2.05, 4.69) is 10.3 Å². The minimum Gasteiger partial charge on any atom is -0.461 e. The summed E-state index contributed by atoms with van der Waals surface area (Å²) in [6, 6.07) is -0.104. The summed E-state index contributed by atoms with van der Waals surface area (Å²) in [6.07, 6.45) is 0. The first-order chi connectivity index (χ1) is 9.42. The van der Waals surface area contributed by atoms with Crippen LogP contribution in [0.4, 0.5) is 0 Å². The summed E-state index contributed by atoms with van der Waals surface area (Å²) in [5.41, 5.74) is 2.06. The van der Waals surface area contributed by atoms with Crippen LogP contribution in [0, 0.1) is 13.8 Å². The Balaban J connectivity index is 2.96.